The molecule has 0 bridgehead atoms. The van der Waals surface area contributed by atoms with Crippen molar-refractivity contribution in [3.8, 4) is 0 Å². The number of hydrogen-bond donors (Lipinski definition) is 0. The number of rotatable bonds is 3. The van der Waals surface area contributed by atoms with Crippen LogP contribution in [0.1, 0.15) is 35.6 Å². The molecule has 1 nitrogen and oxygen atoms in total. The first-order valence-electron chi connectivity index (χ1n) is 10.9. The van der Waals surface area contributed by atoms with Crippen LogP contribution < -0.4 is 0 Å². The predicted molar refractivity (Wildman–Crippen MR) is 126 cm³/mol. The van der Waals surface area contributed by atoms with Gasteiger partial charge in [0, 0.05) is 0 Å². The summed E-state index contributed by atoms with van der Waals surface area (Å²) >= 11 is 0. The Bertz CT molecular complexity index is 1380. The van der Waals surface area contributed by atoms with E-state index in [2.05, 4.69) is 91.0 Å². The summed E-state index contributed by atoms with van der Waals surface area (Å²) in [5.41, 5.74) is 4.10. The van der Waals surface area contributed by atoms with E-state index in [0.29, 0.717) is 6.61 Å². The van der Waals surface area contributed by atoms with Crippen LogP contribution in [0.15, 0.2) is 91.0 Å². The molecule has 146 valence electrons. The van der Waals surface area contributed by atoms with Crippen molar-refractivity contribution in [3.63, 3.8) is 0 Å². The third kappa shape index (κ3) is 2.89. The fourth-order valence-electron chi connectivity index (χ4n) is 5.16. The van der Waals surface area contributed by atoms with E-state index in [0.717, 1.165) is 6.42 Å². The van der Waals surface area contributed by atoms with Crippen molar-refractivity contribution in [2.24, 2.45) is 0 Å². The summed E-state index contributed by atoms with van der Waals surface area (Å²) in [5.74, 6) is 0. The second-order valence-electron chi connectivity index (χ2n) is 8.36. The molecule has 0 amide bonds. The molecule has 0 fully saturated rings. The van der Waals surface area contributed by atoms with E-state index in [9.17, 15) is 0 Å². The van der Waals surface area contributed by atoms with Gasteiger partial charge >= 0.3 is 0 Å². The largest absolute Gasteiger partial charge is 0.369 e. The van der Waals surface area contributed by atoms with Crippen LogP contribution in [-0.4, -0.2) is 0 Å². The van der Waals surface area contributed by atoms with Crippen molar-refractivity contribution < 1.29 is 4.74 Å². The van der Waals surface area contributed by atoms with Gasteiger partial charge in [-0.3, -0.25) is 0 Å². The quantitative estimate of drug-likeness (QED) is 0.287. The summed E-state index contributed by atoms with van der Waals surface area (Å²) < 4.78 is 6.60. The number of ether oxygens (including phenoxy) is 1. The van der Waals surface area contributed by atoms with E-state index in [-0.39, 0.29) is 6.10 Å². The normalized spacial score (nSPS) is 16.2. The zero-order valence-electron chi connectivity index (χ0n) is 17.0. The first-order valence-corrected chi connectivity index (χ1v) is 10.9. The molecule has 5 aromatic rings. The second kappa shape index (κ2) is 7.27. The molecular formula is C29H24O. The Morgan fingerprint density at radius 2 is 1.47 bits per heavy atom. The standard InChI is InChI=1S/C29H24O/c1-5-13-25-20(8-1)11-7-15-28(25)30-19-23-18-22-10-3-4-12-24(22)27-17-16-21-9-2-6-14-26(21)29(23)27/h1-6,8-10,12-14,16-18,28H,7,11,15,19H2. The van der Waals surface area contributed by atoms with Gasteiger partial charge < -0.3 is 4.74 Å². The highest BCUT2D eigenvalue weighted by molar-refractivity contribution is 6.18. The third-order valence-electron chi connectivity index (χ3n) is 6.59. The van der Waals surface area contributed by atoms with Crippen LogP contribution in [0.5, 0.6) is 0 Å². The molecule has 5 aromatic carbocycles. The van der Waals surface area contributed by atoms with Crippen LogP contribution in [0.2, 0.25) is 0 Å². The summed E-state index contributed by atoms with van der Waals surface area (Å²) in [5, 5.41) is 7.83. The van der Waals surface area contributed by atoms with Gasteiger partial charge in [0.15, 0.2) is 0 Å². The van der Waals surface area contributed by atoms with Gasteiger partial charge in [0.05, 0.1) is 12.7 Å². The molecule has 30 heavy (non-hydrogen) atoms. The molecule has 0 spiro atoms. The summed E-state index contributed by atoms with van der Waals surface area (Å²) in [6.07, 6.45) is 3.65. The van der Waals surface area contributed by atoms with E-state index >= 15 is 0 Å². The molecule has 0 aromatic heterocycles. The number of aryl methyl sites for hydroxylation is 1. The zero-order chi connectivity index (χ0) is 19.9. The third-order valence-corrected chi connectivity index (χ3v) is 6.59. The van der Waals surface area contributed by atoms with Crippen LogP contribution in [-0.2, 0) is 17.8 Å². The minimum Gasteiger partial charge on any atom is -0.369 e. The SMILES string of the molecule is c1ccc2c(c1)CCCC2OCc1cc2ccccc2c2ccc3ccccc3c12. The van der Waals surface area contributed by atoms with Gasteiger partial charge in [0.25, 0.3) is 0 Å². The minimum absolute atomic E-state index is 0.187. The lowest BCUT2D eigenvalue weighted by molar-refractivity contribution is 0.0289. The van der Waals surface area contributed by atoms with Gasteiger partial charge in [-0.2, -0.15) is 0 Å². The van der Waals surface area contributed by atoms with Gasteiger partial charge in [-0.25, -0.2) is 0 Å². The van der Waals surface area contributed by atoms with E-state index < -0.39 is 0 Å². The van der Waals surface area contributed by atoms with Crippen LogP contribution in [0.3, 0.4) is 0 Å². The highest BCUT2D eigenvalue weighted by atomic mass is 16.5. The molecule has 1 aliphatic carbocycles. The highest BCUT2D eigenvalue weighted by Crippen LogP contribution is 2.37. The maximum absolute atomic E-state index is 6.60. The predicted octanol–water partition coefficient (Wildman–Crippen LogP) is 7.74. The van der Waals surface area contributed by atoms with E-state index in [4.69, 9.17) is 4.74 Å². The Hall–Kier alpha value is -3.16. The molecule has 0 radical (unpaired) electrons. The Morgan fingerprint density at radius 1 is 0.700 bits per heavy atom. The number of hydrogen-bond acceptors (Lipinski definition) is 1. The van der Waals surface area contributed by atoms with Gasteiger partial charge in [0.2, 0.25) is 0 Å². The van der Waals surface area contributed by atoms with Crippen molar-refractivity contribution >= 4 is 32.3 Å². The molecule has 1 unspecified atom stereocenters. The van der Waals surface area contributed by atoms with Gasteiger partial charge in [-0.05, 0) is 74.3 Å². The van der Waals surface area contributed by atoms with Crippen LogP contribution in [0.25, 0.3) is 32.3 Å². The summed E-state index contributed by atoms with van der Waals surface area (Å²) in [7, 11) is 0. The molecular weight excluding hydrogens is 364 g/mol. The van der Waals surface area contributed by atoms with Crippen LogP contribution >= 0.6 is 0 Å². The van der Waals surface area contributed by atoms with Gasteiger partial charge in [0.1, 0.15) is 0 Å². The Labute approximate surface area is 176 Å². The van der Waals surface area contributed by atoms with Crippen molar-refractivity contribution in [1.29, 1.82) is 0 Å². The summed E-state index contributed by atoms with van der Waals surface area (Å²) in [6, 6.07) is 33.0. The molecule has 0 heterocycles. The fraction of sp³-hybridized carbons (Fsp3) is 0.172. The summed E-state index contributed by atoms with van der Waals surface area (Å²) in [6.45, 7) is 0.633. The first-order chi connectivity index (χ1) is 14.9. The average Bonchev–Trinajstić information content (AvgIpc) is 2.82. The topological polar surface area (TPSA) is 9.23 Å². The Morgan fingerprint density at radius 3 is 2.40 bits per heavy atom. The second-order valence-corrected chi connectivity index (χ2v) is 8.36. The van der Waals surface area contributed by atoms with Crippen LogP contribution in [0, 0.1) is 0 Å². The highest BCUT2D eigenvalue weighted by Gasteiger charge is 2.21. The Balaban J connectivity index is 1.49. The number of fused-ring (bicyclic) bond motifs is 6. The zero-order valence-corrected chi connectivity index (χ0v) is 17.0. The van der Waals surface area contributed by atoms with Gasteiger partial charge in [-0.1, -0.05) is 84.9 Å². The Kier molecular flexibility index (Phi) is 4.28. The smallest absolute Gasteiger partial charge is 0.0832 e. The molecule has 6 rings (SSSR count). The lowest BCUT2D eigenvalue weighted by Gasteiger charge is -2.26. The van der Waals surface area contributed by atoms with Crippen molar-refractivity contribution in [2.45, 2.75) is 32.0 Å². The maximum atomic E-state index is 6.60. The summed E-state index contributed by atoms with van der Waals surface area (Å²) in [4.78, 5) is 0. The molecule has 0 N–H and O–H groups in total. The molecule has 0 aliphatic heterocycles. The van der Waals surface area contributed by atoms with Gasteiger partial charge in [-0.15, -0.1) is 0 Å². The van der Waals surface area contributed by atoms with Crippen LogP contribution in [0.4, 0.5) is 0 Å². The molecule has 1 heteroatoms. The van der Waals surface area contributed by atoms with E-state index in [1.165, 1.54) is 61.8 Å². The lowest BCUT2D eigenvalue weighted by atomic mass is 9.89. The van der Waals surface area contributed by atoms with Crippen molar-refractivity contribution in [2.75, 3.05) is 0 Å². The lowest BCUT2D eigenvalue weighted by Crippen LogP contribution is -2.12. The average molecular weight is 389 g/mol. The van der Waals surface area contributed by atoms with E-state index in [1.807, 2.05) is 0 Å². The molecule has 1 atom stereocenters. The molecule has 1 aliphatic rings. The molecule has 0 saturated carbocycles. The van der Waals surface area contributed by atoms with E-state index in [1.54, 1.807) is 0 Å². The van der Waals surface area contributed by atoms with Crippen molar-refractivity contribution in [3.05, 3.63) is 108 Å². The monoisotopic (exact) mass is 388 g/mol. The minimum atomic E-state index is 0.187. The number of benzene rings is 5. The molecule has 0 saturated heterocycles. The fourth-order valence-corrected chi connectivity index (χ4v) is 5.16. The first kappa shape index (κ1) is 17.7. The van der Waals surface area contributed by atoms with Crippen molar-refractivity contribution in [1.82, 2.24) is 0 Å². The maximum Gasteiger partial charge on any atom is 0.0832 e.